The van der Waals surface area contributed by atoms with Crippen LogP contribution in [0.5, 0.6) is 0 Å². The number of aromatic carboxylic acids is 1. The van der Waals surface area contributed by atoms with Gasteiger partial charge in [0.05, 0.1) is 22.3 Å². The summed E-state index contributed by atoms with van der Waals surface area (Å²) in [7, 11) is -3.69. The highest BCUT2D eigenvalue weighted by Gasteiger charge is 2.24. The fourth-order valence-electron chi connectivity index (χ4n) is 4.06. The van der Waals surface area contributed by atoms with E-state index >= 15 is 0 Å². The summed E-state index contributed by atoms with van der Waals surface area (Å²) in [5.41, 5.74) is 4.36. The van der Waals surface area contributed by atoms with Crippen LogP contribution >= 0.6 is 0 Å². The Morgan fingerprint density at radius 3 is 2.69 bits per heavy atom. The van der Waals surface area contributed by atoms with Crippen LogP contribution in [0.25, 0.3) is 0 Å². The normalized spacial score (nSPS) is 15.6. The number of hydrogen-bond acceptors (Lipinski definition) is 5. The van der Waals surface area contributed by atoms with Crippen LogP contribution < -0.4 is 10.0 Å². The molecule has 0 amide bonds. The summed E-state index contributed by atoms with van der Waals surface area (Å²) < 4.78 is 28.4. The standard InChI is InChI=1S/C24H25N3O4S/c1-16-5-7-19(8-6-16)27-32(30,31)20-9-10-21-17(13-20)3-2-4-18(21)14-26-23-15-25-12-11-22(23)24(28)29/h5-13,15,18,26-27H,2-4,14H2,1H3,(H,28,29)/t18-/m0/s1. The lowest BCUT2D eigenvalue weighted by Gasteiger charge is -2.27. The topological polar surface area (TPSA) is 108 Å². The Morgan fingerprint density at radius 2 is 1.94 bits per heavy atom. The number of anilines is 2. The molecule has 1 atom stereocenters. The van der Waals surface area contributed by atoms with Gasteiger partial charge in [-0.3, -0.25) is 9.71 Å². The van der Waals surface area contributed by atoms with Crippen LogP contribution in [-0.2, 0) is 16.4 Å². The molecule has 0 saturated heterocycles. The van der Waals surface area contributed by atoms with Crippen molar-refractivity contribution in [2.75, 3.05) is 16.6 Å². The molecule has 1 aliphatic rings. The highest BCUT2D eigenvalue weighted by atomic mass is 32.2. The summed E-state index contributed by atoms with van der Waals surface area (Å²) in [5.74, 6) is -0.850. The van der Waals surface area contributed by atoms with Crippen LogP contribution in [0.2, 0.25) is 0 Å². The average Bonchev–Trinajstić information content (AvgIpc) is 2.78. The predicted octanol–water partition coefficient (Wildman–Crippen LogP) is 4.42. The van der Waals surface area contributed by atoms with E-state index in [1.54, 1.807) is 24.3 Å². The molecule has 0 spiro atoms. The van der Waals surface area contributed by atoms with Gasteiger partial charge in [-0.2, -0.15) is 0 Å². The molecule has 0 bridgehead atoms. The molecule has 0 radical (unpaired) electrons. The van der Waals surface area contributed by atoms with E-state index in [9.17, 15) is 18.3 Å². The van der Waals surface area contributed by atoms with Gasteiger partial charge in [-0.15, -0.1) is 0 Å². The first-order valence-corrected chi connectivity index (χ1v) is 12.0. The van der Waals surface area contributed by atoms with Crippen molar-refractivity contribution in [2.45, 2.75) is 37.0 Å². The Kier molecular flexibility index (Phi) is 6.14. The maximum absolute atomic E-state index is 12.9. The molecule has 1 aromatic heterocycles. The van der Waals surface area contributed by atoms with Gasteiger partial charge in [-0.1, -0.05) is 23.8 Å². The number of hydrogen-bond donors (Lipinski definition) is 3. The fraction of sp³-hybridized carbons (Fsp3) is 0.250. The zero-order valence-electron chi connectivity index (χ0n) is 17.7. The summed E-state index contributed by atoms with van der Waals surface area (Å²) in [6.07, 6.45) is 5.66. The quantitative estimate of drug-likeness (QED) is 0.491. The van der Waals surface area contributed by atoms with E-state index in [2.05, 4.69) is 15.0 Å². The highest BCUT2D eigenvalue weighted by Crippen LogP contribution is 2.34. The largest absolute Gasteiger partial charge is 0.478 e. The van der Waals surface area contributed by atoms with Gasteiger partial charge < -0.3 is 10.4 Å². The molecule has 0 aliphatic heterocycles. The lowest BCUT2D eigenvalue weighted by Crippen LogP contribution is -2.20. The molecule has 1 aliphatic carbocycles. The van der Waals surface area contributed by atoms with Crippen molar-refractivity contribution in [3.05, 3.63) is 83.2 Å². The van der Waals surface area contributed by atoms with Crippen molar-refractivity contribution in [3.63, 3.8) is 0 Å². The van der Waals surface area contributed by atoms with Crippen molar-refractivity contribution in [1.29, 1.82) is 0 Å². The van der Waals surface area contributed by atoms with Crippen molar-refractivity contribution >= 4 is 27.4 Å². The van der Waals surface area contributed by atoms with Gasteiger partial charge >= 0.3 is 5.97 Å². The molecular weight excluding hydrogens is 426 g/mol. The minimum absolute atomic E-state index is 0.155. The monoisotopic (exact) mass is 451 g/mol. The third kappa shape index (κ3) is 4.75. The molecule has 166 valence electrons. The van der Waals surface area contributed by atoms with Crippen LogP contribution in [0.4, 0.5) is 11.4 Å². The molecule has 3 N–H and O–H groups in total. The lowest BCUT2D eigenvalue weighted by molar-refractivity contribution is 0.0697. The minimum atomic E-state index is -3.69. The minimum Gasteiger partial charge on any atom is -0.478 e. The van der Waals surface area contributed by atoms with Gasteiger partial charge in [0.2, 0.25) is 0 Å². The molecule has 2 aromatic carbocycles. The zero-order valence-corrected chi connectivity index (χ0v) is 18.5. The summed E-state index contributed by atoms with van der Waals surface area (Å²) in [6, 6.07) is 14.0. The van der Waals surface area contributed by atoms with Crippen LogP contribution in [0.15, 0.2) is 65.8 Å². The molecule has 3 aromatic rings. The van der Waals surface area contributed by atoms with Gasteiger partial charge in [0.25, 0.3) is 10.0 Å². The Morgan fingerprint density at radius 1 is 1.16 bits per heavy atom. The average molecular weight is 452 g/mol. The van der Waals surface area contributed by atoms with Gasteiger partial charge in [-0.25, -0.2) is 13.2 Å². The third-order valence-corrected chi connectivity index (χ3v) is 7.14. The summed E-state index contributed by atoms with van der Waals surface area (Å²) >= 11 is 0. The summed E-state index contributed by atoms with van der Waals surface area (Å²) in [4.78, 5) is 15.7. The number of sulfonamides is 1. The molecule has 8 heteroatoms. The Hall–Kier alpha value is -3.39. The Balaban J connectivity index is 1.52. The molecular formula is C24H25N3O4S. The number of carboxylic acids is 1. The van der Waals surface area contributed by atoms with Crippen molar-refractivity contribution in [3.8, 4) is 0 Å². The maximum Gasteiger partial charge on any atom is 0.337 e. The zero-order chi connectivity index (χ0) is 22.7. The van der Waals surface area contributed by atoms with Crippen molar-refractivity contribution < 1.29 is 18.3 Å². The van der Waals surface area contributed by atoms with E-state index in [1.807, 2.05) is 25.1 Å². The number of nitrogens with zero attached hydrogens (tertiary/aromatic N) is 1. The predicted molar refractivity (Wildman–Crippen MR) is 124 cm³/mol. The number of aryl methyl sites for hydroxylation is 2. The van der Waals surface area contributed by atoms with Gasteiger partial charge in [0.15, 0.2) is 0 Å². The molecule has 0 unspecified atom stereocenters. The number of pyridine rings is 1. The fourth-order valence-corrected chi connectivity index (χ4v) is 5.17. The number of rotatable bonds is 7. The second kappa shape index (κ2) is 9.00. The number of benzene rings is 2. The Labute approximate surface area is 187 Å². The van der Waals surface area contributed by atoms with Gasteiger partial charge in [-0.05, 0) is 67.6 Å². The maximum atomic E-state index is 12.9. The summed E-state index contributed by atoms with van der Waals surface area (Å²) in [5, 5.41) is 12.6. The first-order chi connectivity index (χ1) is 15.3. The van der Waals surface area contributed by atoms with Crippen molar-refractivity contribution in [2.24, 2.45) is 0 Å². The van der Waals surface area contributed by atoms with E-state index in [0.29, 0.717) is 17.9 Å². The third-order valence-electron chi connectivity index (χ3n) is 5.76. The van der Waals surface area contributed by atoms with Crippen LogP contribution in [0.3, 0.4) is 0 Å². The van der Waals surface area contributed by atoms with Crippen LogP contribution in [-0.4, -0.2) is 31.0 Å². The number of nitrogens with one attached hydrogen (secondary N) is 2. The Bertz CT molecular complexity index is 1240. The van der Waals surface area contributed by atoms with E-state index in [0.717, 1.165) is 36.0 Å². The first kappa shape index (κ1) is 21.8. The SMILES string of the molecule is Cc1ccc(NS(=O)(=O)c2ccc3c(c2)CCC[C@H]3CNc2cnccc2C(=O)O)cc1. The van der Waals surface area contributed by atoms with Crippen LogP contribution in [0.1, 0.15) is 45.8 Å². The molecule has 1 heterocycles. The van der Waals surface area contributed by atoms with Gasteiger partial charge in [0, 0.05) is 24.3 Å². The van der Waals surface area contributed by atoms with E-state index in [1.165, 1.54) is 18.5 Å². The number of aromatic nitrogens is 1. The van der Waals surface area contributed by atoms with Gasteiger partial charge in [0.1, 0.15) is 0 Å². The molecule has 0 fully saturated rings. The number of fused-ring (bicyclic) bond motifs is 1. The highest BCUT2D eigenvalue weighted by molar-refractivity contribution is 7.92. The second-order valence-corrected chi connectivity index (χ2v) is 9.71. The summed E-state index contributed by atoms with van der Waals surface area (Å²) in [6.45, 7) is 2.50. The molecule has 7 nitrogen and oxygen atoms in total. The van der Waals surface area contributed by atoms with E-state index in [4.69, 9.17) is 0 Å². The van der Waals surface area contributed by atoms with E-state index in [-0.39, 0.29) is 16.4 Å². The van der Waals surface area contributed by atoms with Crippen LogP contribution in [0, 0.1) is 6.92 Å². The second-order valence-electron chi connectivity index (χ2n) is 8.03. The molecule has 0 saturated carbocycles. The molecule has 4 rings (SSSR count). The number of carbonyl (C=O) groups is 1. The lowest BCUT2D eigenvalue weighted by atomic mass is 9.83. The van der Waals surface area contributed by atoms with Crippen molar-refractivity contribution in [1.82, 2.24) is 4.98 Å². The first-order valence-electron chi connectivity index (χ1n) is 10.5. The smallest absolute Gasteiger partial charge is 0.337 e. The molecule has 32 heavy (non-hydrogen) atoms. The van der Waals surface area contributed by atoms with E-state index < -0.39 is 16.0 Å². The number of carboxylic acid groups (broad SMARTS) is 1.